The minimum Gasteiger partial charge on any atom is -0.214 e. The third-order valence-electron chi connectivity index (χ3n) is 2.62. The van der Waals surface area contributed by atoms with Crippen molar-refractivity contribution in [1.29, 1.82) is 0 Å². The van der Waals surface area contributed by atoms with Crippen molar-refractivity contribution in [2.24, 2.45) is 0 Å². The average molecular weight is 346 g/mol. The first-order valence-electron chi connectivity index (χ1n) is 6.40. The molecule has 101 valence electrons. The van der Waals surface area contributed by atoms with Crippen LogP contribution < -0.4 is 0 Å². The summed E-state index contributed by atoms with van der Waals surface area (Å²) >= 11 is 0. The molecule has 0 atom stereocenters. The summed E-state index contributed by atoms with van der Waals surface area (Å²) in [6.45, 7) is 0. The van der Waals surface area contributed by atoms with E-state index >= 15 is 0 Å². The maximum Gasteiger partial charge on any atom is 1.00 e. The van der Waals surface area contributed by atoms with Crippen LogP contribution in [0.15, 0.2) is 91.0 Å². The molecule has 0 aliphatic carbocycles. The van der Waals surface area contributed by atoms with Crippen molar-refractivity contribution >= 4 is 12.2 Å². The SMILES string of the molecule is C(=Cc1ccccc1)c1ccccc1.[Ru+].c1cc[cH-]c1. The van der Waals surface area contributed by atoms with E-state index in [4.69, 9.17) is 0 Å². The molecule has 0 spiro atoms. The maximum atomic E-state index is 2.12. The fourth-order valence-electron chi connectivity index (χ4n) is 1.64. The van der Waals surface area contributed by atoms with E-state index in [1.54, 1.807) is 0 Å². The summed E-state index contributed by atoms with van der Waals surface area (Å²) in [4.78, 5) is 0. The van der Waals surface area contributed by atoms with Crippen LogP contribution in [0, 0.1) is 0 Å². The summed E-state index contributed by atoms with van der Waals surface area (Å²) in [5.41, 5.74) is 2.47. The van der Waals surface area contributed by atoms with Gasteiger partial charge in [0.2, 0.25) is 0 Å². The molecule has 20 heavy (non-hydrogen) atoms. The van der Waals surface area contributed by atoms with Gasteiger partial charge in [-0.05, 0) is 11.1 Å². The molecule has 0 aromatic heterocycles. The molecule has 0 aliphatic heterocycles. The molecule has 3 aromatic carbocycles. The van der Waals surface area contributed by atoms with E-state index in [0.29, 0.717) is 0 Å². The zero-order chi connectivity index (χ0) is 13.2. The van der Waals surface area contributed by atoms with Gasteiger partial charge >= 0.3 is 19.5 Å². The second-order valence-electron chi connectivity index (χ2n) is 4.12. The molecule has 0 fully saturated rings. The van der Waals surface area contributed by atoms with Crippen LogP contribution in [0.3, 0.4) is 0 Å². The molecule has 0 bridgehead atoms. The van der Waals surface area contributed by atoms with Crippen molar-refractivity contribution in [3.63, 3.8) is 0 Å². The molecular weight excluding hydrogens is 329 g/mol. The van der Waals surface area contributed by atoms with Gasteiger partial charge in [-0.2, -0.15) is 18.2 Å². The molecule has 0 saturated heterocycles. The fraction of sp³-hybridized carbons (Fsp3) is 0. The van der Waals surface area contributed by atoms with Crippen molar-refractivity contribution in [2.45, 2.75) is 0 Å². The Labute approximate surface area is 133 Å². The van der Waals surface area contributed by atoms with E-state index in [-0.39, 0.29) is 19.5 Å². The number of benzene rings is 2. The Morgan fingerprint density at radius 3 is 1.25 bits per heavy atom. The van der Waals surface area contributed by atoms with Crippen LogP contribution in [0.5, 0.6) is 0 Å². The Bertz CT molecular complexity index is 507. The van der Waals surface area contributed by atoms with E-state index in [2.05, 4.69) is 36.4 Å². The van der Waals surface area contributed by atoms with Crippen LogP contribution in [0.1, 0.15) is 11.1 Å². The summed E-state index contributed by atoms with van der Waals surface area (Å²) in [6, 6.07) is 30.6. The van der Waals surface area contributed by atoms with Crippen molar-refractivity contribution in [1.82, 2.24) is 0 Å². The Kier molecular flexibility index (Phi) is 8.11. The largest absolute Gasteiger partial charge is 1.00 e. The number of hydrogen-bond donors (Lipinski definition) is 0. The minimum atomic E-state index is 0. The van der Waals surface area contributed by atoms with Crippen molar-refractivity contribution in [3.8, 4) is 0 Å². The van der Waals surface area contributed by atoms with Crippen molar-refractivity contribution in [2.75, 3.05) is 0 Å². The molecule has 1 radical (unpaired) electrons. The number of hydrogen-bond acceptors (Lipinski definition) is 0. The Balaban J connectivity index is 0.000000283. The van der Waals surface area contributed by atoms with E-state index in [9.17, 15) is 0 Å². The minimum absolute atomic E-state index is 0. The molecule has 0 saturated carbocycles. The Morgan fingerprint density at radius 2 is 0.950 bits per heavy atom. The summed E-state index contributed by atoms with van der Waals surface area (Å²) in [5.74, 6) is 0. The second kappa shape index (κ2) is 10.0. The fourth-order valence-corrected chi connectivity index (χ4v) is 1.64. The molecule has 0 N–H and O–H groups in total. The van der Waals surface area contributed by atoms with Gasteiger partial charge < -0.3 is 0 Å². The van der Waals surface area contributed by atoms with Crippen LogP contribution in [0.4, 0.5) is 0 Å². The monoisotopic (exact) mass is 347 g/mol. The molecular formula is C19H17Ru. The van der Waals surface area contributed by atoms with E-state index in [0.717, 1.165) is 0 Å². The third kappa shape index (κ3) is 6.36. The molecule has 3 aromatic rings. The predicted octanol–water partition coefficient (Wildman–Crippen LogP) is 5.26. The average Bonchev–Trinajstić information content (AvgIpc) is 3.07. The second-order valence-corrected chi connectivity index (χ2v) is 4.12. The van der Waals surface area contributed by atoms with Gasteiger partial charge in [-0.3, -0.25) is 0 Å². The molecule has 0 nitrogen and oxygen atoms in total. The predicted molar refractivity (Wildman–Crippen MR) is 83.8 cm³/mol. The Morgan fingerprint density at radius 1 is 0.550 bits per heavy atom. The van der Waals surface area contributed by atoms with Gasteiger partial charge in [-0.15, -0.1) is 0 Å². The molecule has 0 amide bonds. The van der Waals surface area contributed by atoms with Crippen LogP contribution in [-0.2, 0) is 19.5 Å². The van der Waals surface area contributed by atoms with Crippen LogP contribution in [0.25, 0.3) is 12.2 Å². The first-order valence-corrected chi connectivity index (χ1v) is 6.40. The third-order valence-corrected chi connectivity index (χ3v) is 2.62. The van der Waals surface area contributed by atoms with Crippen molar-refractivity contribution < 1.29 is 19.5 Å². The number of rotatable bonds is 2. The Hall–Kier alpha value is -1.85. The first-order chi connectivity index (χ1) is 9.45. The molecule has 1 heteroatoms. The summed E-state index contributed by atoms with van der Waals surface area (Å²) < 4.78 is 0. The van der Waals surface area contributed by atoms with Crippen molar-refractivity contribution in [3.05, 3.63) is 102 Å². The first kappa shape index (κ1) is 16.2. The van der Waals surface area contributed by atoms with Gasteiger partial charge in [0.25, 0.3) is 0 Å². The van der Waals surface area contributed by atoms with Crippen LogP contribution in [-0.4, -0.2) is 0 Å². The van der Waals surface area contributed by atoms with E-state index in [1.165, 1.54) is 11.1 Å². The van der Waals surface area contributed by atoms with Gasteiger partial charge in [0.05, 0.1) is 0 Å². The molecule has 0 aliphatic rings. The van der Waals surface area contributed by atoms with Crippen LogP contribution >= 0.6 is 0 Å². The van der Waals surface area contributed by atoms with E-state index < -0.39 is 0 Å². The summed E-state index contributed by atoms with van der Waals surface area (Å²) in [7, 11) is 0. The van der Waals surface area contributed by atoms with Crippen LogP contribution in [0.2, 0.25) is 0 Å². The normalized spacial score (nSPS) is 9.40. The van der Waals surface area contributed by atoms with Gasteiger partial charge in [0, 0.05) is 0 Å². The van der Waals surface area contributed by atoms with Gasteiger partial charge in [0.1, 0.15) is 0 Å². The summed E-state index contributed by atoms with van der Waals surface area (Å²) in [6.07, 6.45) is 4.24. The zero-order valence-electron chi connectivity index (χ0n) is 11.2. The van der Waals surface area contributed by atoms with Gasteiger partial charge in [0.15, 0.2) is 0 Å². The quantitative estimate of drug-likeness (QED) is 0.337. The topological polar surface area (TPSA) is 0 Å². The molecule has 0 unspecified atom stereocenters. The molecule has 3 rings (SSSR count). The standard InChI is InChI=1S/C14H12.C5H5.Ru/c1-3-7-13(8-4-1)11-12-14-9-5-2-6-10-14;1-2-4-5-3-1;/h1-12H;1-5H;/q;-1;+1. The maximum absolute atomic E-state index is 2.12. The van der Waals surface area contributed by atoms with Gasteiger partial charge in [-0.1, -0.05) is 72.8 Å². The summed E-state index contributed by atoms with van der Waals surface area (Å²) in [5, 5.41) is 0. The zero-order valence-corrected chi connectivity index (χ0v) is 12.9. The smallest absolute Gasteiger partial charge is 0.214 e. The molecule has 0 heterocycles. The van der Waals surface area contributed by atoms with Gasteiger partial charge in [-0.25, -0.2) is 12.1 Å². The van der Waals surface area contributed by atoms with E-state index in [1.807, 2.05) is 66.7 Å².